The molecule has 4 N–H and O–H groups in total. The number of fused-ring (bicyclic) bond motifs is 1. The number of nitrogens with two attached hydrogens (primary N) is 1. The topological polar surface area (TPSA) is 119 Å². The zero-order chi connectivity index (χ0) is 16.4. The molecule has 1 aliphatic heterocycles. The summed E-state index contributed by atoms with van der Waals surface area (Å²) in [5.74, 6) is 1.28. The van der Waals surface area contributed by atoms with Gasteiger partial charge >= 0.3 is 0 Å². The van der Waals surface area contributed by atoms with Crippen molar-refractivity contribution in [1.29, 1.82) is 0 Å². The summed E-state index contributed by atoms with van der Waals surface area (Å²) < 4.78 is 7.59. The maximum absolute atomic E-state index is 10.4. The SMILES string of the molecule is CCCSS[C@H]1[C@H](O)[C@@H](CO)O[C@H]1n1cnc2c(N)ncnc21. The van der Waals surface area contributed by atoms with E-state index in [-0.39, 0.29) is 11.9 Å². The Morgan fingerprint density at radius 3 is 2.96 bits per heavy atom. The van der Waals surface area contributed by atoms with E-state index in [0.29, 0.717) is 17.0 Å². The van der Waals surface area contributed by atoms with Crippen molar-refractivity contribution in [3.63, 3.8) is 0 Å². The van der Waals surface area contributed by atoms with E-state index >= 15 is 0 Å². The molecule has 0 unspecified atom stereocenters. The number of hydrogen-bond acceptors (Lipinski definition) is 9. The first-order chi connectivity index (χ1) is 11.2. The lowest BCUT2D eigenvalue weighted by Gasteiger charge is -2.20. The third kappa shape index (κ3) is 3.13. The van der Waals surface area contributed by atoms with Crippen LogP contribution in [0.2, 0.25) is 0 Å². The fourth-order valence-electron chi connectivity index (χ4n) is 2.46. The second-order valence-corrected chi connectivity index (χ2v) is 7.87. The molecule has 3 rings (SSSR count). The molecule has 1 fully saturated rings. The molecule has 1 aliphatic rings. The molecule has 0 bridgehead atoms. The molecule has 2 aromatic rings. The molecule has 0 spiro atoms. The zero-order valence-corrected chi connectivity index (χ0v) is 14.2. The van der Waals surface area contributed by atoms with Crippen molar-refractivity contribution in [3.8, 4) is 0 Å². The molecule has 0 saturated carbocycles. The fraction of sp³-hybridized carbons (Fsp3) is 0.615. The standard InChI is InChI=1S/C13H19N5O3S2/c1-2-3-22-23-10-9(20)7(4-19)21-13(10)18-6-17-8-11(14)15-5-16-12(8)18/h5-7,9-10,13,19-20H,2-4H2,1H3,(H2,14,15,16)/t7-,9-,10+,13-/m1/s1. The Kier molecular flexibility index (Phi) is 5.27. The van der Waals surface area contributed by atoms with Crippen LogP contribution in [0.25, 0.3) is 11.2 Å². The molecule has 2 aromatic heterocycles. The fourth-order valence-corrected chi connectivity index (χ4v) is 5.35. The van der Waals surface area contributed by atoms with Gasteiger partial charge in [-0.1, -0.05) is 28.5 Å². The average molecular weight is 357 g/mol. The van der Waals surface area contributed by atoms with Gasteiger partial charge in [0.05, 0.1) is 24.3 Å². The largest absolute Gasteiger partial charge is 0.394 e. The minimum Gasteiger partial charge on any atom is -0.394 e. The number of hydrogen-bond donors (Lipinski definition) is 3. The highest BCUT2D eigenvalue weighted by molar-refractivity contribution is 8.77. The van der Waals surface area contributed by atoms with Crippen molar-refractivity contribution in [3.05, 3.63) is 12.7 Å². The number of aliphatic hydroxyl groups excluding tert-OH is 2. The Morgan fingerprint density at radius 1 is 1.39 bits per heavy atom. The molecule has 1 saturated heterocycles. The summed E-state index contributed by atoms with van der Waals surface area (Å²) in [6.07, 6.45) is 2.14. The van der Waals surface area contributed by atoms with E-state index in [0.717, 1.165) is 12.2 Å². The minimum atomic E-state index is -0.768. The predicted octanol–water partition coefficient (Wildman–Crippen LogP) is 0.819. The van der Waals surface area contributed by atoms with Gasteiger partial charge in [0.1, 0.15) is 17.9 Å². The lowest BCUT2D eigenvalue weighted by Crippen LogP contribution is -2.31. The van der Waals surface area contributed by atoms with Crippen LogP contribution in [-0.4, -0.2) is 59.5 Å². The summed E-state index contributed by atoms with van der Waals surface area (Å²) >= 11 is 0. The second kappa shape index (κ2) is 7.22. The number of aromatic nitrogens is 4. The van der Waals surface area contributed by atoms with Gasteiger partial charge in [0.2, 0.25) is 0 Å². The Balaban J connectivity index is 1.92. The molecular weight excluding hydrogens is 338 g/mol. The van der Waals surface area contributed by atoms with Crippen LogP contribution in [-0.2, 0) is 4.74 Å². The van der Waals surface area contributed by atoms with Gasteiger partial charge in [0.25, 0.3) is 0 Å². The third-order valence-corrected chi connectivity index (χ3v) is 6.64. The maximum atomic E-state index is 10.4. The molecule has 8 nitrogen and oxygen atoms in total. The molecular formula is C13H19N5O3S2. The molecule has 0 amide bonds. The van der Waals surface area contributed by atoms with Crippen molar-refractivity contribution in [2.75, 3.05) is 18.1 Å². The van der Waals surface area contributed by atoms with Crippen LogP contribution in [0.15, 0.2) is 12.7 Å². The van der Waals surface area contributed by atoms with Crippen LogP contribution in [0.5, 0.6) is 0 Å². The van der Waals surface area contributed by atoms with Gasteiger partial charge < -0.3 is 20.7 Å². The second-order valence-electron chi connectivity index (χ2n) is 5.20. The normalized spacial score (nSPS) is 27.8. The van der Waals surface area contributed by atoms with E-state index in [1.165, 1.54) is 6.33 Å². The Morgan fingerprint density at radius 2 is 2.22 bits per heavy atom. The predicted molar refractivity (Wildman–Crippen MR) is 90.9 cm³/mol. The van der Waals surface area contributed by atoms with Crippen molar-refractivity contribution in [2.45, 2.75) is 37.0 Å². The van der Waals surface area contributed by atoms with E-state index in [4.69, 9.17) is 10.5 Å². The third-order valence-electron chi connectivity index (χ3n) is 3.62. The molecule has 126 valence electrons. The Labute approximate surface area is 141 Å². The Hall–Kier alpha value is -1.07. The number of aliphatic hydroxyl groups is 2. The van der Waals surface area contributed by atoms with Gasteiger partial charge in [0, 0.05) is 5.75 Å². The number of nitrogen functional groups attached to an aromatic ring is 1. The lowest BCUT2D eigenvalue weighted by atomic mass is 10.2. The Bertz CT molecular complexity index is 670. The van der Waals surface area contributed by atoms with E-state index in [2.05, 4.69) is 21.9 Å². The summed E-state index contributed by atoms with van der Waals surface area (Å²) in [5.41, 5.74) is 6.87. The maximum Gasteiger partial charge on any atom is 0.167 e. The highest BCUT2D eigenvalue weighted by Gasteiger charge is 2.45. The number of ether oxygens (including phenoxy) is 1. The molecule has 0 aliphatic carbocycles. The van der Waals surface area contributed by atoms with Crippen LogP contribution >= 0.6 is 21.6 Å². The van der Waals surface area contributed by atoms with Crippen LogP contribution in [0, 0.1) is 0 Å². The van der Waals surface area contributed by atoms with Crippen LogP contribution in [0.1, 0.15) is 19.6 Å². The summed E-state index contributed by atoms with van der Waals surface area (Å²) in [5, 5.41) is 19.6. The van der Waals surface area contributed by atoms with Gasteiger partial charge in [-0.05, 0) is 6.42 Å². The summed E-state index contributed by atoms with van der Waals surface area (Å²) in [6.45, 7) is 1.86. The van der Waals surface area contributed by atoms with Gasteiger partial charge in [-0.2, -0.15) is 0 Å². The van der Waals surface area contributed by atoms with Crippen LogP contribution in [0.4, 0.5) is 5.82 Å². The monoisotopic (exact) mass is 357 g/mol. The smallest absolute Gasteiger partial charge is 0.167 e. The molecule has 0 aromatic carbocycles. The van der Waals surface area contributed by atoms with Crippen molar-refractivity contribution >= 4 is 38.6 Å². The average Bonchev–Trinajstić information content (AvgIpc) is 3.10. The zero-order valence-electron chi connectivity index (χ0n) is 12.6. The first kappa shape index (κ1) is 16.8. The molecule has 10 heteroatoms. The van der Waals surface area contributed by atoms with Gasteiger partial charge in [-0.25, -0.2) is 15.0 Å². The van der Waals surface area contributed by atoms with Crippen LogP contribution < -0.4 is 5.73 Å². The summed E-state index contributed by atoms with van der Waals surface area (Å²) in [4.78, 5) is 12.4. The summed E-state index contributed by atoms with van der Waals surface area (Å²) in [6, 6.07) is 0. The van der Waals surface area contributed by atoms with E-state index < -0.39 is 18.4 Å². The van der Waals surface area contributed by atoms with E-state index in [9.17, 15) is 10.2 Å². The van der Waals surface area contributed by atoms with Gasteiger partial charge in [-0.3, -0.25) is 4.57 Å². The number of nitrogens with zero attached hydrogens (tertiary/aromatic N) is 4. The number of anilines is 1. The first-order valence-electron chi connectivity index (χ1n) is 7.33. The first-order valence-corrected chi connectivity index (χ1v) is 9.71. The lowest BCUT2D eigenvalue weighted by molar-refractivity contribution is -0.0430. The molecule has 3 heterocycles. The van der Waals surface area contributed by atoms with Gasteiger partial charge in [-0.15, -0.1) is 0 Å². The summed E-state index contributed by atoms with van der Waals surface area (Å²) in [7, 11) is 3.24. The molecule has 4 atom stereocenters. The minimum absolute atomic E-state index is 0.239. The van der Waals surface area contributed by atoms with E-state index in [1.807, 2.05) is 0 Å². The quantitative estimate of drug-likeness (QED) is 0.510. The van der Waals surface area contributed by atoms with Crippen molar-refractivity contribution in [1.82, 2.24) is 19.5 Å². The number of rotatable bonds is 6. The molecule has 0 radical (unpaired) electrons. The number of imidazole rings is 1. The van der Waals surface area contributed by atoms with Crippen molar-refractivity contribution in [2.24, 2.45) is 0 Å². The molecule has 23 heavy (non-hydrogen) atoms. The van der Waals surface area contributed by atoms with E-state index in [1.54, 1.807) is 32.5 Å². The highest BCUT2D eigenvalue weighted by Crippen LogP contribution is 2.43. The van der Waals surface area contributed by atoms with Crippen molar-refractivity contribution < 1.29 is 14.9 Å². The van der Waals surface area contributed by atoms with Crippen LogP contribution in [0.3, 0.4) is 0 Å². The highest BCUT2D eigenvalue weighted by atomic mass is 33.1. The van der Waals surface area contributed by atoms with Gasteiger partial charge in [0.15, 0.2) is 17.7 Å².